The minimum atomic E-state index is -1.08. The fourth-order valence-corrected chi connectivity index (χ4v) is 4.10. The molecule has 1 saturated heterocycles. The lowest BCUT2D eigenvalue weighted by Crippen LogP contribution is -2.39. The number of benzene rings is 1. The quantitative estimate of drug-likeness (QED) is 0.211. The van der Waals surface area contributed by atoms with Crippen LogP contribution in [0.2, 0.25) is 0 Å². The maximum absolute atomic E-state index is 14.2. The summed E-state index contributed by atoms with van der Waals surface area (Å²) in [5.41, 5.74) is 14.9. The highest BCUT2D eigenvalue weighted by atomic mass is 19.2. The number of piperidine rings is 1. The molecule has 0 bridgehead atoms. The number of hydrogen-bond acceptors (Lipinski definition) is 6. The molecular weight excluding hydrogens is 440 g/mol. The van der Waals surface area contributed by atoms with Crippen molar-refractivity contribution in [2.45, 2.75) is 38.8 Å². The van der Waals surface area contributed by atoms with Gasteiger partial charge in [-0.05, 0) is 44.9 Å². The lowest BCUT2D eigenvalue weighted by atomic mass is 10.0. The van der Waals surface area contributed by atoms with Crippen molar-refractivity contribution in [3.8, 4) is 11.1 Å². The zero-order valence-electron chi connectivity index (χ0n) is 19.0. The molecule has 0 spiro atoms. The van der Waals surface area contributed by atoms with E-state index in [1.807, 2.05) is 10.9 Å². The number of nitrogens with two attached hydrogens (primary N) is 1. The molecule has 3 aromatic rings. The van der Waals surface area contributed by atoms with Crippen LogP contribution in [0.15, 0.2) is 53.2 Å². The molecule has 4 N–H and O–H groups in total. The molecule has 2 aromatic heterocycles. The minimum absolute atomic E-state index is 0.0280. The second-order valence-corrected chi connectivity index (χ2v) is 8.50. The molecule has 11 heteroatoms. The first-order valence-corrected chi connectivity index (χ1v) is 11.1. The van der Waals surface area contributed by atoms with Gasteiger partial charge in [-0.2, -0.15) is 10.6 Å². The predicted molar refractivity (Wildman–Crippen MR) is 127 cm³/mol. The largest absolute Gasteiger partial charge is 0.383 e. The standard InChI is InChI=1S/C23H27F2N9/c1-14(2)33-8-6-17(7-9-33)34-13-16(12-29-34)15-10-18(22(26)28-11-15)23(31-32-27)30-20-5-3-4-19(24)21(20)25/h3-5,10-14,17H,6-9H2,1-2H3,(H2,26,28)(H2,27,30,31). The Hall–Kier alpha value is -3.73. The highest BCUT2D eigenvalue weighted by Crippen LogP contribution is 2.28. The summed E-state index contributed by atoms with van der Waals surface area (Å²) in [6.45, 7) is 6.48. The van der Waals surface area contributed by atoms with Gasteiger partial charge in [-0.3, -0.25) is 4.68 Å². The van der Waals surface area contributed by atoms with Crippen LogP contribution in [0.1, 0.15) is 38.3 Å². The van der Waals surface area contributed by atoms with E-state index in [0.29, 0.717) is 23.2 Å². The Bertz CT molecular complexity index is 1200. The molecule has 3 heterocycles. The Morgan fingerprint density at radius 1 is 1.21 bits per heavy atom. The Morgan fingerprint density at radius 2 is 1.97 bits per heavy atom. The van der Waals surface area contributed by atoms with Crippen molar-refractivity contribution < 1.29 is 8.78 Å². The van der Waals surface area contributed by atoms with Gasteiger partial charge in [0, 0.05) is 42.7 Å². The third-order valence-corrected chi connectivity index (χ3v) is 6.07. The molecule has 0 radical (unpaired) electrons. The molecule has 0 aliphatic carbocycles. The molecule has 34 heavy (non-hydrogen) atoms. The molecule has 1 aromatic carbocycles. The van der Waals surface area contributed by atoms with Crippen LogP contribution in [0.3, 0.4) is 0 Å². The number of aromatic nitrogens is 3. The summed E-state index contributed by atoms with van der Waals surface area (Å²) in [5.74, 6) is -2.02. The predicted octanol–water partition coefficient (Wildman–Crippen LogP) is 4.66. The van der Waals surface area contributed by atoms with Crippen molar-refractivity contribution >= 4 is 17.3 Å². The Kier molecular flexibility index (Phi) is 6.92. The molecule has 0 saturated carbocycles. The Labute approximate surface area is 196 Å². The monoisotopic (exact) mass is 467 g/mol. The smallest absolute Gasteiger partial charge is 0.182 e. The lowest BCUT2D eigenvalue weighted by molar-refractivity contribution is 0.147. The third kappa shape index (κ3) is 4.93. The number of amidine groups is 1. The summed E-state index contributed by atoms with van der Waals surface area (Å²) in [6, 6.07) is 6.27. The van der Waals surface area contributed by atoms with Gasteiger partial charge in [-0.15, -0.1) is 5.10 Å². The van der Waals surface area contributed by atoms with Crippen molar-refractivity contribution in [3.63, 3.8) is 0 Å². The number of nitrogen functional groups attached to an aromatic ring is 1. The molecule has 0 amide bonds. The first-order chi connectivity index (χ1) is 16.4. The normalized spacial score (nSPS) is 15.6. The van der Waals surface area contributed by atoms with Crippen molar-refractivity contribution in [3.05, 3.63) is 60.1 Å². The van der Waals surface area contributed by atoms with Crippen LogP contribution in [0.5, 0.6) is 0 Å². The lowest BCUT2D eigenvalue weighted by Gasteiger charge is -2.34. The maximum Gasteiger partial charge on any atom is 0.182 e. The highest BCUT2D eigenvalue weighted by Gasteiger charge is 2.23. The average Bonchev–Trinajstić information content (AvgIpc) is 3.32. The Balaban J connectivity index is 1.59. The van der Waals surface area contributed by atoms with E-state index < -0.39 is 11.6 Å². The van der Waals surface area contributed by atoms with Crippen molar-refractivity contribution in [1.29, 1.82) is 5.53 Å². The summed E-state index contributed by atoms with van der Waals surface area (Å²) in [6.07, 6.45) is 7.39. The minimum Gasteiger partial charge on any atom is -0.383 e. The van der Waals surface area contributed by atoms with Crippen LogP contribution < -0.4 is 11.1 Å². The van der Waals surface area contributed by atoms with Gasteiger partial charge in [0.15, 0.2) is 17.5 Å². The molecule has 1 aliphatic rings. The van der Waals surface area contributed by atoms with Crippen molar-refractivity contribution in [1.82, 2.24) is 19.7 Å². The van der Waals surface area contributed by atoms with E-state index in [0.717, 1.165) is 37.6 Å². The summed E-state index contributed by atoms with van der Waals surface area (Å²) < 4.78 is 29.8. The van der Waals surface area contributed by atoms with Crippen molar-refractivity contribution in [2.24, 2.45) is 10.3 Å². The van der Waals surface area contributed by atoms with Gasteiger partial charge < -0.3 is 16.0 Å². The summed E-state index contributed by atoms with van der Waals surface area (Å²) >= 11 is 0. The van der Waals surface area contributed by atoms with Crippen LogP contribution >= 0.6 is 0 Å². The molecule has 178 valence electrons. The second kappa shape index (κ2) is 10.0. The molecule has 0 unspecified atom stereocenters. The van der Waals surface area contributed by atoms with Crippen molar-refractivity contribution in [2.75, 3.05) is 24.1 Å². The number of anilines is 2. The van der Waals surface area contributed by atoms with E-state index in [-0.39, 0.29) is 17.3 Å². The Morgan fingerprint density at radius 3 is 2.68 bits per heavy atom. The topological polar surface area (TPSA) is 121 Å². The summed E-state index contributed by atoms with van der Waals surface area (Å²) in [5, 5.41) is 14.0. The average molecular weight is 468 g/mol. The van der Waals surface area contributed by atoms with Gasteiger partial charge >= 0.3 is 0 Å². The van der Waals surface area contributed by atoms with Gasteiger partial charge in [0.05, 0.1) is 23.5 Å². The zero-order chi connectivity index (χ0) is 24.2. The van der Waals surface area contributed by atoms with E-state index in [4.69, 9.17) is 11.3 Å². The molecular formula is C23H27F2N9. The number of pyridine rings is 1. The van der Waals surface area contributed by atoms with Crippen LogP contribution in [0.4, 0.5) is 20.3 Å². The highest BCUT2D eigenvalue weighted by molar-refractivity contribution is 6.11. The SMILES string of the molecule is CC(C)N1CCC(n2cc(-c3cnc(N)c(/C(=N/N=N)Nc4cccc(F)c4F)c3)cn2)CC1. The molecule has 1 fully saturated rings. The van der Waals surface area contributed by atoms with Gasteiger partial charge in [0.2, 0.25) is 0 Å². The van der Waals surface area contributed by atoms with E-state index in [1.165, 1.54) is 12.1 Å². The van der Waals surface area contributed by atoms with E-state index in [9.17, 15) is 8.78 Å². The number of nitrogens with zero attached hydrogens (tertiary/aromatic N) is 6. The van der Waals surface area contributed by atoms with Crippen LogP contribution in [-0.4, -0.2) is 44.6 Å². The fourth-order valence-electron chi connectivity index (χ4n) is 4.10. The second-order valence-electron chi connectivity index (χ2n) is 8.50. The number of halogens is 2. The number of likely N-dealkylation sites (tertiary alicyclic amines) is 1. The van der Waals surface area contributed by atoms with Crippen LogP contribution in [0.25, 0.3) is 11.1 Å². The van der Waals surface area contributed by atoms with Gasteiger partial charge in [-0.1, -0.05) is 11.3 Å². The van der Waals surface area contributed by atoms with E-state index in [1.54, 1.807) is 18.5 Å². The molecule has 4 rings (SSSR count). The van der Waals surface area contributed by atoms with E-state index >= 15 is 0 Å². The number of hydrogen-bond donors (Lipinski definition) is 3. The number of nitrogens with one attached hydrogen (secondary N) is 2. The number of rotatable bonds is 6. The zero-order valence-corrected chi connectivity index (χ0v) is 19.0. The summed E-state index contributed by atoms with van der Waals surface area (Å²) in [7, 11) is 0. The fraction of sp³-hybridized carbons (Fsp3) is 0.348. The maximum atomic E-state index is 14.2. The first-order valence-electron chi connectivity index (χ1n) is 11.1. The van der Waals surface area contributed by atoms with Crippen LogP contribution in [-0.2, 0) is 0 Å². The molecule has 9 nitrogen and oxygen atoms in total. The third-order valence-electron chi connectivity index (χ3n) is 6.07. The van der Waals surface area contributed by atoms with E-state index in [2.05, 4.69) is 44.5 Å². The van der Waals surface area contributed by atoms with Gasteiger partial charge in [0.1, 0.15) is 5.82 Å². The summed E-state index contributed by atoms with van der Waals surface area (Å²) in [4.78, 5) is 6.70. The van der Waals surface area contributed by atoms with Crippen LogP contribution in [0, 0.1) is 17.2 Å². The van der Waals surface area contributed by atoms with Gasteiger partial charge in [0.25, 0.3) is 0 Å². The first kappa shape index (κ1) is 23.4. The van der Waals surface area contributed by atoms with Gasteiger partial charge in [-0.25, -0.2) is 13.8 Å². The molecule has 0 atom stereocenters. The molecule has 1 aliphatic heterocycles.